The number of aromatic nitrogens is 1. The van der Waals surface area contributed by atoms with E-state index in [1.165, 1.54) is 17.6 Å². The van der Waals surface area contributed by atoms with Crippen LogP contribution in [0.4, 0.5) is 10.6 Å². The molecule has 1 aromatic heterocycles. The first kappa shape index (κ1) is 24.9. The Kier molecular flexibility index (Phi) is 9.17. The first-order valence-corrected chi connectivity index (χ1v) is 11.3. The number of pyridine rings is 1. The highest BCUT2D eigenvalue weighted by Crippen LogP contribution is 2.21. The van der Waals surface area contributed by atoms with E-state index < -0.39 is 6.10 Å². The van der Waals surface area contributed by atoms with Crippen molar-refractivity contribution < 1.29 is 19.1 Å². The lowest BCUT2D eigenvalue weighted by Crippen LogP contribution is -2.38. The number of amides is 2. The smallest absolute Gasteiger partial charge is 0.335 e. The molecule has 0 fully saturated rings. The number of urea groups is 1. The standard InChI is InChI=1S/C27H31N3O4/c1-4-34-24(26(31)33-3)19-21-13-15-22(16-14-21)23-11-8-12-25(29-23)30(2)27(32)28-18-17-20-9-6-5-7-10-20/h5-16,24H,4,17-19H2,1-3H3,(H,28,32). The third-order valence-corrected chi connectivity index (χ3v) is 5.42. The van der Waals surface area contributed by atoms with Crippen molar-refractivity contribution in [2.75, 3.05) is 32.2 Å². The number of carbonyl (C=O) groups excluding carboxylic acids is 2. The SMILES string of the molecule is CCOC(Cc1ccc(-c2cccc(N(C)C(=O)NCCc3ccccc3)n2)cc1)C(=O)OC. The van der Waals surface area contributed by atoms with Gasteiger partial charge in [0, 0.05) is 32.2 Å². The predicted molar refractivity (Wildman–Crippen MR) is 133 cm³/mol. The molecule has 3 rings (SSSR count). The first-order valence-electron chi connectivity index (χ1n) is 11.3. The topological polar surface area (TPSA) is 80.8 Å². The molecule has 7 heteroatoms. The maximum absolute atomic E-state index is 12.6. The molecule has 1 N–H and O–H groups in total. The van der Waals surface area contributed by atoms with Crippen LogP contribution in [0.3, 0.4) is 0 Å². The van der Waals surface area contributed by atoms with Gasteiger partial charge in [-0.05, 0) is 36.6 Å². The summed E-state index contributed by atoms with van der Waals surface area (Å²) in [4.78, 5) is 30.6. The highest BCUT2D eigenvalue weighted by atomic mass is 16.6. The lowest BCUT2D eigenvalue weighted by molar-refractivity contribution is -0.153. The summed E-state index contributed by atoms with van der Waals surface area (Å²) < 4.78 is 10.3. The van der Waals surface area contributed by atoms with Crippen molar-refractivity contribution in [3.63, 3.8) is 0 Å². The Morgan fingerprint density at radius 1 is 0.971 bits per heavy atom. The number of esters is 1. The zero-order chi connectivity index (χ0) is 24.3. The number of hydrogen-bond acceptors (Lipinski definition) is 5. The zero-order valence-corrected chi connectivity index (χ0v) is 19.9. The molecule has 1 unspecified atom stereocenters. The molecule has 1 atom stereocenters. The average Bonchev–Trinajstić information content (AvgIpc) is 2.88. The number of rotatable bonds is 10. The van der Waals surface area contributed by atoms with Gasteiger partial charge in [-0.2, -0.15) is 0 Å². The largest absolute Gasteiger partial charge is 0.467 e. The number of nitrogens with one attached hydrogen (secondary N) is 1. The van der Waals surface area contributed by atoms with E-state index in [4.69, 9.17) is 9.47 Å². The quantitative estimate of drug-likeness (QED) is 0.457. The Bertz CT molecular complexity index is 1070. The van der Waals surface area contributed by atoms with Crippen LogP contribution in [0.15, 0.2) is 72.8 Å². The van der Waals surface area contributed by atoms with Gasteiger partial charge in [-0.1, -0.05) is 60.7 Å². The van der Waals surface area contributed by atoms with Gasteiger partial charge in [-0.15, -0.1) is 0 Å². The van der Waals surface area contributed by atoms with Gasteiger partial charge in [0.1, 0.15) is 5.82 Å². The summed E-state index contributed by atoms with van der Waals surface area (Å²) in [5.74, 6) is 0.172. The van der Waals surface area contributed by atoms with Crippen LogP contribution in [0, 0.1) is 0 Å². The van der Waals surface area contributed by atoms with E-state index in [2.05, 4.69) is 10.3 Å². The first-order chi connectivity index (χ1) is 16.5. The second-order valence-corrected chi connectivity index (χ2v) is 7.78. The van der Waals surface area contributed by atoms with Crippen LogP contribution in [-0.4, -0.2) is 50.4 Å². The lowest BCUT2D eigenvalue weighted by Gasteiger charge is -2.18. The molecule has 178 valence electrons. The van der Waals surface area contributed by atoms with Crippen molar-refractivity contribution in [2.45, 2.75) is 25.9 Å². The molecule has 0 bridgehead atoms. The summed E-state index contributed by atoms with van der Waals surface area (Å²) in [5.41, 5.74) is 3.80. The molecule has 0 spiro atoms. The second kappa shape index (κ2) is 12.5. The number of benzene rings is 2. The predicted octanol–water partition coefficient (Wildman–Crippen LogP) is 4.26. The third kappa shape index (κ3) is 6.89. The molecular weight excluding hydrogens is 430 g/mol. The fourth-order valence-electron chi connectivity index (χ4n) is 3.52. The molecule has 1 heterocycles. The molecule has 7 nitrogen and oxygen atoms in total. The Morgan fingerprint density at radius 2 is 1.71 bits per heavy atom. The third-order valence-electron chi connectivity index (χ3n) is 5.42. The van der Waals surface area contributed by atoms with E-state index >= 15 is 0 Å². The number of ether oxygens (including phenoxy) is 2. The summed E-state index contributed by atoms with van der Waals surface area (Å²) in [5, 5.41) is 2.94. The zero-order valence-electron chi connectivity index (χ0n) is 19.9. The maximum Gasteiger partial charge on any atom is 0.335 e. The van der Waals surface area contributed by atoms with Gasteiger partial charge < -0.3 is 14.8 Å². The van der Waals surface area contributed by atoms with E-state index in [0.29, 0.717) is 25.4 Å². The van der Waals surface area contributed by atoms with Crippen molar-refractivity contribution in [3.05, 3.63) is 83.9 Å². The van der Waals surface area contributed by atoms with Crippen LogP contribution in [0.5, 0.6) is 0 Å². The van der Waals surface area contributed by atoms with Crippen LogP contribution in [0.1, 0.15) is 18.1 Å². The van der Waals surface area contributed by atoms with Gasteiger partial charge in [-0.25, -0.2) is 14.6 Å². The number of hydrogen-bond donors (Lipinski definition) is 1. The highest BCUT2D eigenvalue weighted by Gasteiger charge is 2.20. The van der Waals surface area contributed by atoms with Gasteiger partial charge in [-0.3, -0.25) is 4.90 Å². The lowest BCUT2D eigenvalue weighted by atomic mass is 10.0. The minimum Gasteiger partial charge on any atom is -0.467 e. The molecule has 0 aliphatic carbocycles. The maximum atomic E-state index is 12.6. The summed E-state index contributed by atoms with van der Waals surface area (Å²) in [6, 6.07) is 23.2. The Morgan fingerprint density at radius 3 is 2.38 bits per heavy atom. The number of anilines is 1. The van der Waals surface area contributed by atoms with Crippen molar-refractivity contribution >= 4 is 17.8 Å². The molecule has 0 saturated heterocycles. The number of methoxy groups -OCH3 is 1. The molecule has 3 aromatic rings. The molecule has 34 heavy (non-hydrogen) atoms. The Balaban J connectivity index is 1.62. The van der Waals surface area contributed by atoms with Crippen molar-refractivity contribution in [2.24, 2.45) is 0 Å². The number of nitrogens with zero attached hydrogens (tertiary/aromatic N) is 2. The van der Waals surface area contributed by atoms with Gasteiger partial charge >= 0.3 is 12.0 Å². The monoisotopic (exact) mass is 461 g/mol. The molecule has 0 aliphatic heterocycles. The van der Waals surface area contributed by atoms with Gasteiger partial charge in [0.05, 0.1) is 12.8 Å². The van der Waals surface area contributed by atoms with Crippen LogP contribution >= 0.6 is 0 Å². The highest BCUT2D eigenvalue weighted by molar-refractivity contribution is 5.90. The summed E-state index contributed by atoms with van der Waals surface area (Å²) in [6.45, 7) is 2.82. The Labute approximate surface area is 200 Å². The van der Waals surface area contributed by atoms with E-state index in [1.54, 1.807) is 13.1 Å². The molecule has 2 amide bonds. The van der Waals surface area contributed by atoms with E-state index in [-0.39, 0.29) is 12.0 Å². The van der Waals surface area contributed by atoms with Crippen LogP contribution in [-0.2, 0) is 27.1 Å². The van der Waals surface area contributed by atoms with Gasteiger partial charge in [0.15, 0.2) is 6.10 Å². The van der Waals surface area contributed by atoms with Crippen LogP contribution < -0.4 is 10.2 Å². The van der Waals surface area contributed by atoms with Crippen molar-refractivity contribution in [3.8, 4) is 11.3 Å². The van der Waals surface area contributed by atoms with Crippen molar-refractivity contribution in [1.29, 1.82) is 0 Å². The minimum atomic E-state index is -0.628. The van der Waals surface area contributed by atoms with Gasteiger partial charge in [0.2, 0.25) is 0 Å². The molecular formula is C27H31N3O4. The van der Waals surface area contributed by atoms with E-state index in [9.17, 15) is 9.59 Å². The Hall–Kier alpha value is -3.71. The van der Waals surface area contributed by atoms with E-state index in [0.717, 1.165) is 23.2 Å². The van der Waals surface area contributed by atoms with Crippen LogP contribution in [0.2, 0.25) is 0 Å². The average molecular weight is 462 g/mol. The fraction of sp³-hybridized carbons (Fsp3) is 0.296. The molecule has 2 aromatic carbocycles. The van der Waals surface area contributed by atoms with E-state index in [1.807, 2.05) is 73.7 Å². The minimum absolute atomic E-state index is 0.208. The summed E-state index contributed by atoms with van der Waals surface area (Å²) >= 11 is 0. The summed E-state index contributed by atoms with van der Waals surface area (Å²) in [7, 11) is 3.06. The second-order valence-electron chi connectivity index (χ2n) is 7.78. The van der Waals surface area contributed by atoms with Gasteiger partial charge in [0.25, 0.3) is 0 Å². The summed E-state index contributed by atoms with van der Waals surface area (Å²) in [6.07, 6.45) is 0.567. The molecule has 0 saturated carbocycles. The van der Waals surface area contributed by atoms with Crippen LogP contribution in [0.25, 0.3) is 11.3 Å². The normalized spacial score (nSPS) is 11.5. The molecule has 0 radical (unpaired) electrons. The molecule has 0 aliphatic rings. The fourth-order valence-corrected chi connectivity index (χ4v) is 3.52. The van der Waals surface area contributed by atoms with Crippen molar-refractivity contribution in [1.82, 2.24) is 10.3 Å². The number of carbonyl (C=O) groups is 2.